The van der Waals surface area contributed by atoms with E-state index in [1.807, 2.05) is 78.4 Å². The number of aryl methyl sites for hydroxylation is 2. The molecule has 0 saturated carbocycles. The molecule has 3 aromatic carbocycles. The first-order valence-electron chi connectivity index (χ1n) is 14.2. The Balaban J connectivity index is 0.00000141. The second kappa shape index (κ2) is 14.3. The van der Waals surface area contributed by atoms with Gasteiger partial charge in [-0.1, -0.05) is 42.5 Å². The van der Waals surface area contributed by atoms with Crippen LogP contribution < -0.4 is 19.7 Å². The number of anilines is 2. The number of sulfonamides is 1. The average molecular weight is 623 g/mol. The fraction of sp³-hybridized carbons (Fsp3) is 0.312. The van der Waals surface area contributed by atoms with Crippen molar-refractivity contribution in [1.82, 2.24) is 9.88 Å². The second-order valence-electron chi connectivity index (χ2n) is 10.4. The van der Waals surface area contributed by atoms with Gasteiger partial charge in [0.2, 0.25) is 10.0 Å². The first-order chi connectivity index (χ1) is 21.1. The van der Waals surface area contributed by atoms with Gasteiger partial charge in [-0.05, 0) is 55.2 Å². The van der Waals surface area contributed by atoms with E-state index >= 15 is 0 Å². The molecular weight excluding hydrogens is 584 g/mol. The van der Waals surface area contributed by atoms with Gasteiger partial charge in [-0.15, -0.1) is 0 Å². The zero-order valence-corrected chi connectivity index (χ0v) is 25.8. The summed E-state index contributed by atoms with van der Waals surface area (Å²) in [5.41, 5.74) is 4.29. The maximum Gasteiger partial charge on any atom is 0.290 e. The minimum absolute atomic E-state index is 0.00702. The lowest BCUT2D eigenvalue weighted by Gasteiger charge is -2.26. The predicted octanol–water partition coefficient (Wildman–Crippen LogP) is 3.51. The van der Waals surface area contributed by atoms with Crippen molar-refractivity contribution in [3.63, 3.8) is 0 Å². The van der Waals surface area contributed by atoms with Crippen LogP contribution in [0.4, 0.5) is 11.4 Å². The third-order valence-electron chi connectivity index (χ3n) is 7.72. The lowest BCUT2D eigenvalue weighted by molar-refractivity contribution is -0.122. The molecule has 11 nitrogen and oxygen atoms in total. The molecule has 0 spiro atoms. The lowest BCUT2D eigenvalue weighted by atomic mass is 9.99. The van der Waals surface area contributed by atoms with E-state index in [1.54, 1.807) is 13.2 Å². The van der Waals surface area contributed by atoms with Crippen LogP contribution in [0.3, 0.4) is 0 Å². The Bertz CT molecular complexity index is 1710. The number of carbonyl (C=O) groups excluding carboxylic acids is 1. The third-order valence-corrected chi connectivity index (χ3v) is 9.47. The molecule has 0 bridgehead atoms. The number of rotatable bonds is 10. The van der Waals surface area contributed by atoms with Gasteiger partial charge >= 0.3 is 0 Å². The molecule has 4 aromatic rings. The van der Waals surface area contributed by atoms with Crippen molar-refractivity contribution in [2.45, 2.75) is 38.5 Å². The van der Waals surface area contributed by atoms with E-state index < -0.39 is 22.2 Å². The molecule has 0 aliphatic carbocycles. The van der Waals surface area contributed by atoms with Crippen molar-refractivity contribution in [2.75, 3.05) is 36.1 Å². The van der Waals surface area contributed by atoms with E-state index in [9.17, 15) is 18.3 Å². The van der Waals surface area contributed by atoms with Crippen LogP contribution in [0, 0.1) is 0 Å². The van der Waals surface area contributed by atoms with Gasteiger partial charge in [0.25, 0.3) is 12.4 Å². The molecule has 1 aromatic heterocycles. The monoisotopic (exact) mass is 622 g/mol. The summed E-state index contributed by atoms with van der Waals surface area (Å²) in [6.07, 6.45) is 1.86. The molecule has 1 aliphatic rings. The highest BCUT2D eigenvalue weighted by Crippen LogP contribution is 2.37. The van der Waals surface area contributed by atoms with Crippen LogP contribution in [0.5, 0.6) is 5.75 Å². The number of carbonyl (C=O) groups is 2. The number of aliphatic hydroxyl groups is 1. The van der Waals surface area contributed by atoms with Gasteiger partial charge in [-0.3, -0.25) is 13.9 Å². The Kier molecular flexibility index (Phi) is 10.5. The molecular formula is C32H38N4O7S. The standard InChI is InChI=1S/C31H36N4O5S.CH2O2/c1-4-35-20-22-14-15-41(38,39)34(2)26-17-23(18-27(35)30(22)26)31(37)33-25(16-21-10-6-5-7-11-21)28(36)19-32-24-12-8-9-13-29(24)40-3;2-1-3/h5-13,17-18,20,25,28,32,36H,4,14-16,19H2,1-3H3,(H,33,37);1H,(H,2,3)/t25-,28+;/m0./s1. The number of aliphatic hydroxyl groups excluding tert-OH is 1. The summed E-state index contributed by atoms with van der Waals surface area (Å²) < 4.78 is 34.6. The van der Waals surface area contributed by atoms with E-state index in [0.29, 0.717) is 36.4 Å². The van der Waals surface area contributed by atoms with Crippen LogP contribution in [0.1, 0.15) is 28.4 Å². The van der Waals surface area contributed by atoms with Crippen molar-refractivity contribution >= 4 is 44.7 Å². The minimum atomic E-state index is -3.53. The van der Waals surface area contributed by atoms with Gasteiger partial charge in [-0.2, -0.15) is 0 Å². The summed E-state index contributed by atoms with van der Waals surface area (Å²) in [7, 11) is -0.404. The number of hydrogen-bond donors (Lipinski definition) is 4. The summed E-state index contributed by atoms with van der Waals surface area (Å²) in [6, 6.07) is 19.9. The van der Waals surface area contributed by atoms with Crippen molar-refractivity contribution in [1.29, 1.82) is 0 Å². The molecule has 1 aliphatic heterocycles. The Hall–Kier alpha value is -4.55. The highest BCUT2D eigenvalue weighted by atomic mass is 32.2. The van der Waals surface area contributed by atoms with Crippen molar-refractivity contribution in [3.05, 3.63) is 89.6 Å². The molecule has 1 amide bonds. The quantitative estimate of drug-likeness (QED) is 0.196. The van der Waals surface area contributed by atoms with E-state index in [-0.39, 0.29) is 24.7 Å². The van der Waals surface area contributed by atoms with Crippen LogP contribution >= 0.6 is 0 Å². The lowest BCUT2D eigenvalue weighted by Crippen LogP contribution is -2.47. The molecule has 2 atom stereocenters. The Morgan fingerprint density at radius 1 is 1.11 bits per heavy atom. The molecule has 5 rings (SSSR count). The van der Waals surface area contributed by atoms with E-state index in [0.717, 1.165) is 27.7 Å². The fourth-order valence-corrected chi connectivity index (χ4v) is 6.59. The van der Waals surface area contributed by atoms with Crippen LogP contribution in [0.2, 0.25) is 0 Å². The molecule has 0 fully saturated rings. The number of benzene rings is 3. The summed E-state index contributed by atoms with van der Waals surface area (Å²) in [4.78, 5) is 22.1. The fourth-order valence-electron chi connectivity index (χ4n) is 5.40. The van der Waals surface area contributed by atoms with E-state index in [2.05, 4.69) is 10.6 Å². The SMILES string of the molecule is CCn1cc2c3c(cc(C(=O)N[C@@H](Cc4ccccc4)[C@H](O)CNc4ccccc4OC)cc31)N(C)S(=O)(=O)CC2.O=CO. The van der Waals surface area contributed by atoms with Crippen LogP contribution in [0.25, 0.3) is 10.9 Å². The molecule has 0 saturated heterocycles. The van der Waals surface area contributed by atoms with Crippen molar-refractivity contribution < 1.29 is 33.0 Å². The smallest absolute Gasteiger partial charge is 0.290 e. The highest BCUT2D eigenvalue weighted by molar-refractivity contribution is 7.92. The summed E-state index contributed by atoms with van der Waals surface area (Å²) in [5.74, 6) is 0.271. The largest absolute Gasteiger partial charge is 0.495 e. The number of para-hydroxylation sites is 2. The Labute approximate surface area is 257 Å². The maximum absolute atomic E-state index is 13.8. The van der Waals surface area contributed by atoms with Crippen molar-refractivity contribution in [3.8, 4) is 5.75 Å². The molecule has 44 heavy (non-hydrogen) atoms. The number of nitrogens with one attached hydrogen (secondary N) is 2. The van der Waals surface area contributed by atoms with Gasteiger partial charge in [-0.25, -0.2) is 8.42 Å². The van der Waals surface area contributed by atoms with Crippen LogP contribution in [0.15, 0.2) is 72.9 Å². The first kappa shape index (κ1) is 32.4. The maximum atomic E-state index is 13.8. The number of ether oxygens (including phenoxy) is 1. The van der Waals surface area contributed by atoms with Gasteiger partial charge in [0.15, 0.2) is 0 Å². The van der Waals surface area contributed by atoms with Gasteiger partial charge in [0, 0.05) is 37.3 Å². The number of aromatic nitrogens is 1. The predicted molar refractivity (Wildman–Crippen MR) is 171 cm³/mol. The van der Waals surface area contributed by atoms with Crippen LogP contribution in [-0.4, -0.2) is 74.2 Å². The normalized spacial score (nSPS) is 14.9. The van der Waals surface area contributed by atoms with E-state index in [1.165, 1.54) is 11.4 Å². The Morgan fingerprint density at radius 2 is 1.80 bits per heavy atom. The summed E-state index contributed by atoms with van der Waals surface area (Å²) in [6.45, 7) is 2.62. The number of methoxy groups -OCH3 is 1. The summed E-state index contributed by atoms with van der Waals surface area (Å²) in [5, 5.41) is 25.3. The molecule has 2 heterocycles. The zero-order valence-electron chi connectivity index (χ0n) is 24.9. The zero-order chi connectivity index (χ0) is 31.9. The third kappa shape index (κ3) is 7.14. The highest BCUT2D eigenvalue weighted by Gasteiger charge is 2.30. The molecule has 12 heteroatoms. The number of nitrogens with zero attached hydrogens (tertiary/aromatic N) is 2. The topological polar surface area (TPSA) is 150 Å². The van der Waals surface area contributed by atoms with Crippen molar-refractivity contribution in [2.24, 2.45) is 0 Å². The molecule has 4 N–H and O–H groups in total. The van der Waals surface area contributed by atoms with E-state index in [4.69, 9.17) is 14.6 Å². The number of carboxylic acid groups (broad SMARTS) is 1. The van der Waals surface area contributed by atoms with Crippen LogP contribution in [-0.2, 0) is 34.2 Å². The summed E-state index contributed by atoms with van der Waals surface area (Å²) >= 11 is 0. The number of amides is 1. The first-order valence-corrected chi connectivity index (χ1v) is 15.8. The van der Waals surface area contributed by atoms with Gasteiger partial charge in [0.1, 0.15) is 5.75 Å². The average Bonchev–Trinajstić information content (AvgIpc) is 3.36. The molecule has 234 valence electrons. The Morgan fingerprint density at radius 3 is 2.48 bits per heavy atom. The second-order valence-corrected chi connectivity index (χ2v) is 12.5. The minimum Gasteiger partial charge on any atom is -0.495 e. The molecule has 0 radical (unpaired) electrons. The number of hydrogen-bond acceptors (Lipinski definition) is 7. The van der Waals surface area contributed by atoms with Gasteiger partial charge < -0.3 is 30.2 Å². The molecule has 0 unspecified atom stereocenters. The van der Waals surface area contributed by atoms with Gasteiger partial charge in [0.05, 0.1) is 41.9 Å².